The number of para-hydroxylation sites is 2. The van der Waals surface area contributed by atoms with Gasteiger partial charge in [-0.05, 0) is 151 Å². The number of rotatable bonds is 3. The van der Waals surface area contributed by atoms with Crippen LogP contribution in [-0.2, 0) is 10.8 Å². The molecule has 2 nitrogen and oxygen atoms in total. The molecule has 53 heavy (non-hydrogen) atoms. The molecule has 2 heteroatoms. The number of fused-ring (bicyclic) bond motifs is 11. The molecule has 9 aromatic rings. The van der Waals surface area contributed by atoms with E-state index in [2.05, 4.69) is 179 Å². The van der Waals surface area contributed by atoms with Gasteiger partial charge in [0.1, 0.15) is 5.58 Å². The smallest absolute Gasteiger partial charge is 0.159 e. The Morgan fingerprint density at radius 3 is 1.70 bits per heavy atom. The van der Waals surface area contributed by atoms with Crippen molar-refractivity contribution in [2.24, 2.45) is 0 Å². The van der Waals surface area contributed by atoms with E-state index in [4.69, 9.17) is 4.42 Å². The lowest BCUT2D eigenvalue weighted by Gasteiger charge is -2.26. The maximum absolute atomic E-state index is 6.60. The molecule has 2 aliphatic carbocycles. The van der Waals surface area contributed by atoms with Crippen molar-refractivity contribution >= 4 is 60.5 Å². The summed E-state index contributed by atoms with van der Waals surface area (Å²) in [6.07, 6.45) is 0. The third-order valence-electron chi connectivity index (χ3n) is 12.4. The maximum Gasteiger partial charge on any atom is 0.159 e. The van der Waals surface area contributed by atoms with Crippen molar-refractivity contribution in [2.75, 3.05) is 4.90 Å². The van der Waals surface area contributed by atoms with Crippen LogP contribution in [0.3, 0.4) is 0 Å². The molecule has 1 aromatic heterocycles. The Morgan fingerprint density at radius 2 is 0.981 bits per heavy atom. The van der Waals surface area contributed by atoms with Crippen LogP contribution in [0.15, 0.2) is 150 Å². The van der Waals surface area contributed by atoms with E-state index < -0.39 is 0 Å². The van der Waals surface area contributed by atoms with Gasteiger partial charge in [-0.25, -0.2) is 0 Å². The number of hydrogen-bond acceptors (Lipinski definition) is 2. The van der Waals surface area contributed by atoms with E-state index in [9.17, 15) is 0 Å². The van der Waals surface area contributed by atoms with Crippen molar-refractivity contribution in [3.05, 3.63) is 173 Å². The Kier molecular flexibility index (Phi) is 6.03. The SMILES string of the molecule is Cc1cccc(N(c2ccc3cc4c(cc3c2)C(C)(C)c2cc3c(cc2-4)C(C)(C)c2cc4ccccc4cc2-3)c2cccc3c2oc2ccccc23)c1. The van der Waals surface area contributed by atoms with Crippen LogP contribution in [-0.4, -0.2) is 0 Å². The van der Waals surface area contributed by atoms with Crippen LogP contribution in [0.25, 0.3) is 65.7 Å². The van der Waals surface area contributed by atoms with E-state index in [0.717, 1.165) is 39.0 Å². The normalized spacial score (nSPS) is 14.8. The summed E-state index contributed by atoms with van der Waals surface area (Å²) in [6, 6.07) is 54.1. The minimum absolute atomic E-state index is 0.0790. The van der Waals surface area contributed by atoms with Gasteiger partial charge >= 0.3 is 0 Å². The molecule has 2 aliphatic rings. The van der Waals surface area contributed by atoms with Crippen LogP contribution in [0.2, 0.25) is 0 Å². The Hall–Kier alpha value is -6.12. The zero-order valence-electron chi connectivity index (χ0n) is 30.7. The molecule has 0 saturated heterocycles. The summed E-state index contributed by atoms with van der Waals surface area (Å²) in [5.74, 6) is 0. The average molecular weight is 682 g/mol. The van der Waals surface area contributed by atoms with Gasteiger partial charge in [-0.15, -0.1) is 0 Å². The molecule has 11 rings (SSSR count). The zero-order chi connectivity index (χ0) is 35.8. The van der Waals surface area contributed by atoms with Crippen molar-refractivity contribution in [3.8, 4) is 22.3 Å². The minimum atomic E-state index is -0.149. The van der Waals surface area contributed by atoms with Gasteiger partial charge in [0, 0.05) is 33.0 Å². The third kappa shape index (κ3) is 4.21. The number of hydrogen-bond donors (Lipinski definition) is 0. The number of benzene rings is 8. The summed E-state index contributed by atoms with van der Waals surface area (Å²) >= 11 is 0. The second kappa shape index (κ2) is 10.5. The van der Waals surface area contributed by atoms with E-state index in [1.54, 1.807) is 0 Å². The van der Waals surface area contributed by atoms with E-state index in [0.29, 0.717) is 0 Å². The van der Waals surface area contributed by atoms with Crippen molar-refractivity contribution in [3.63, 3.8) is 0 Å². The van der Waals surface area contributed by atoms with Crippen LogP contribution in [0, 0.1) is 6.92 Å². The summed E-state index contributed by atoms with van der Waals surface area (Å²) in [5, 5.41) is 7.36. The standard InChI is InChI=1S/C51H39NO/c1-30-12-10-15-35(22-30)52(47-18-11-17-38-37-16-8-9-19-48(37)53-49(38)47)36-21-20-33-25-40-42-29-45-41(28-46(42)51(4,5)44(40)27-34(33)23-36)39-24-31-13-6-7-14-32(31)26-43(39)50(45,2)3/h6-29H,1-5H3. The fraction of sp³-hybridized carbons (Fsp3) is 0.137. The number of aryl methyl sites for hydroxylation is 1. The number of anilines is 3. The summed E-state index contributed by atoms with van der Waals surface area (Å²) in [4.78, 5) is 2.36. The van der Waals surface area contributed by atoms with Gasteiger partial charge in [-0.1, -0.05) is 100 Å². The fourth-order valence-corrected chi connectivity index (χ4v) is 9.62. The molecule has 8 aromatic carbocycles. The molecule has 1 heterocycles. The quantitative estimate of drug-likeness (QED) is 0.185. The van der Waals surface area contributed by atoms with Crippen LogP contribution in [0.5, 0.6) is 0 Å². The summed E-state index contributed by atoms with van der Waals surface area (Å²) in [7, 11) is 0. The van der Waals surface area contributed by atoms with Gasteiger partial charge in [0.2, 0.25) is 0 Å². The van der Waals surface area contributed by atoms with Gasteiger partial charge in [-0.3, -0.25) is 0 Å². The van der Waals surface area contributed by atoms with Crippen LogP contribution in [0.4, 0.5) is 17.1 Å². The molecule has 0 saturated carbocycles. The monoisotopic (exact) mass is 681 g/mol. The Morgan fingerprint density at radius 1 is 0.434 bits per heavy atom. The summed E-state index contributed by atoms with van der Waals surface area (Å²) in [6.45, 7) is 11.8. The lowest BCUT2D eigenvalue weighted by molar-refractivity contribution is 0.653. The molecule has 0 radical (unpaired) electrons. The minimum Gasteiger partial charge on any atom is -0.454 e. The van der Waals surface area contributed by atoms with Crippen molar-refractivity contribution < 1.29 is 4.42 Å². The molecule has 0 spiro atoms. The molecule has 0 amide bonds. The van der Waals surface area contributed by atoms with Gasteiger partial charge in [0.25, 0.3) is 0 Å². The number of furan rings is 1. The van der Waals surface area contributed by atoms with E-state index in [1.165, 1.54) is 71.6 Å². The highest BCUT2D eigenvalue weighted by atomic mass is 16.3. The molecule has 0 bridgehead atoms. The predicted molar refractivity (Wildman–Crippen MR) is 223 cm³/mol. The van der Waals surface area contributed by atoms with Gasteiger partial charge in [0.05, 0.1) is 5.69 Å². The van der Waals surface area contributed by atoms with Crippen LogP contribution >= 0.6 is 0 Å². The van der Waals surface area contributed by atoms with Crippen molar-refractivity contribution in [1.82, 2.24) is 0 Å². The molecular formula is C51H39NO. The van der Waals surface area contributed by atoms with E-state index >= 15 is 0 Å². The molecule has 0 fully saturated rings. The average Bonchev–Trinajstić information content (AvgIpc) is 3.72. The first-order valence-corrected chi connectivity index (χ1v) is 18.8. The topological polar surface area (TPSA) is 16.4 Å². The maximum atomic E-state index is 6.60. The van der Waals surface area contributed by atoms with Gasteiger partial charge in [0.15, 0.2) is 5.58 Å². The second-order valence-corrected chi connectivity index (χ2v) is 16.3. The Bertz CT molecular complexity index is 3030. The Labute approximate surface area is 309 Å². The van der Waals surface area contributed by atoms with Gasteiger partial charge < -0.3 is 9.32 Å². The molecule has 0 N–H and O–H groups in total. The molecule has 0 unspecified atom stereocenters. The third-order valence-corrected chi connectivity index (χ3v) is 12.4. The lowest BCUT2D eigenvalue weighted by atomic mass is 9.79. The highest BCUT2D eigenvalue weighted by molar-refractivity contribution is 6.10. The van der Waals surface area contributed by atoms with E-state index in [-0.39, 0.29) is 10.8 Å². The van der Waals surface area contributed by atoms with Crippen LogP contribution in [0.1, 0.15) is 55.5 Å². The predicted octanol–water partition coefficient (Wildman–Crippen LogP) is 14.3. The molecular weight excluding hydrogens is 643 g/mol. The number of nitrogens with zero attached hydrogens (tertiary/aromatic N) is 1. The van der Waals surface area contributed by atoms with Crippen molar-refractivity contribution in [2.45, 2.75) is 45.4 Å². The Balaban J connectivity index is 1.08. The molecule has 254 valence electrons. The first-order valence-electron chi connectivity index (χ1n) is 18.8. The zero-order valence-corrected chi connectivity index (χ0v) is 30.7. The second-order valence-electron chi connectivity index (χ2n) is 16.3. The highest BCUT2D eigenvalue weighted by Crippen LogP contribution is 2.57. The van der Waals surface area contributed by atoms with Crippen LogP contribution < -0.4 is 4.90 Å². The van der Waals surface area contributed by atoms with Crippen molar-refractivity contribution in [1.29, 1.82) is 0 Å². The lowest BCUT2D eigenvalue weighted by Crippen LogP contribution is -2.17. The molecule has 0 atom stereocenters. The summed E-state index contributed by atoms with van der Waals surface area (Å²) < 4.78 is 6.60. The first-order chi connectivity index (χ1) is 25.7. The largest absolute Gasteiger partial charge is 0.454 e. The molecule has 0 aliphatic heterocycles. The highest BCUT2D eigenvalue weighted by Gasteiger charge is 2.42. The van der Waals surface area contributed by atoms with E-state index in [1.807, 2.05) is 6.07 Å². The summed E-state index contributed by atoms with van der Waals surface area (Å²) in [5.41, 5.74) is 17.2. The fourth-order valence-electron chi connectivity index (χ4n) is 9.62. The first kappa shape index (κ1) is 30.5. The van der Waals surface area contributed by atoms with Gasteiger partial charge in [-0.2, -0.15) is 0 Å².